The quantitative estimate of drug-likeness (QED) is 0.326. The number of anilines is 3. The van der Waals surface area contributed by atoms with Crippen molar-refractivity contribution in [2.75, 3.05) is 10.3 Å². The molecule has 4 aromatic rings. The molecule has 0 fully saturated rings. The first-order valence-corrected chi connectivity index (χ1v) is 10.4. The Morgan fingerprint density at radius 3 is 2.47 bits per heavy atom. The van der Waals surface area contributed by atoms with Gasteiger partial charge in [0.25, 0.3) is 0 Å². The molecule has 1 aromatic carbocycles. The number of rotatable bonds is 5. The van der Waals surface area contributed by atoms with E-state index in [9.17, 15) is 0 Å². The standard InChI is InChI=1S/C23H29N9/c1-23(2,3)19(13-24)32(25)18-12-20(28-22-16(18)14-26-31(22)5)27-21-11-17(29-30(21)4)15-9-7-6-8-10-15/h6-14H,24-25H2,1-5H3,(H,27,28)/b19-13-. The van der Waals surface area contributed by atoms with E-state index in [-0.39, 0.29) is 5.41 Å². The van der Waals surface area contributed by atoms with E-state index in [0.717, 1.165) is 33.8 Å². The van der Waals surface area contributed by atoms with Gasteiger partial charge in [-0.1, -0.05) is 51.1 Å². The lowest BCUT2D eigenvalue weighted by molar-refractivity contribution is 0.483. The molecule has 0 atom stereocenters. The Balaban J connectivity index is 1.77. The van der Waals surface area contributed by atoms with E-state index in [1.165, 1.54) is 0 Å². The van der Waals surface area contributed by atoms with Gasteiger partial charge in [-0.05, 0) is 0 Å². The molecule has 0 aliphatic carbocycles. The van der Waals surface area contributed by atoms with E-state index < -0.39 is 0 Å². The summed E-state index contributed by atoms with van der Waals surface area (Å²) < 4.78 is 3.51. The van der Waals surface area contributed by atoms with Gasteiger partial charge in [-0.2, -0.15) is 10.2 Å². The molecule has 3 aromatic heterocycles. The van der Waals surface area contributed by atoms with Crippen molar-refractivity contribution >= 4 is 28.4 Å². The number of nitrogens with zero attached hydrogens (tertiary/aromatic N) is 6. The summed E-state index contributed by atoms with van der Waals surface area (Å²) in [5, 5.41) is 14.8. The Morgan fingerprint density at radius 1 is 1.09 bits per heavy atom. The Bertz CT molecular complexity index is 1280. The molecule has 166 valence electrons. The van der Waals surface area contributed by atoms with Crippen LogP contribution in [0.4, 0.5) is 17.3 Å². The predicted molar refractivity (Wildman–Crippen MR) is 129 cm³/mol. The first-order valence-electron chi connectivity index (χ1n) is 10.4. The molecule has 0 radical (unpaired) electrons. The number of allylic oxidation sites excluding steroid dienone is 1. The van der Waals surface area contributed by atoms with Gasteiger partial charge in [0.2, 0.25) is 0 Å². The smallest absolute Gasteiger partial charge is 0.162 e. The zero-order valence-corrected chi connectivity index (χ0v) is 19.0. The van der Waals surface area contributed by atoms with Crippen LogP contribution in [-0.4, -0.2) is 24.5 Å². The minimum absolute atomic E-state index is 0.248. The van der Waals surface area contributed by atoms with Crippen LogP contribution in [0.15, 0.2) is 60.6 Å². The third-order valence-corrected chi connectivity index (χ3v) is 5.33. The summed E-state index contributed by atoms with van der Waals surface area (Å²) in [6.07, 6.45) is 3.30. The van der Waals surface area contributed by atoms with Crippen molar-refractivity contribution in [3.63, 3.8) is 0 Å². The summed E-state index contributed by atoms with van der Waals surface area (Å²) in [5.74, 6) is 7.99. The first-order chi connectivity index (χ1) is 15.2. The average molecular weight is 432 g/mol. The van der Waals surface area contributed by atoms with Crippen LogP contribution in [0.25, 0.3) is 22.3 Å². The number of hydrazine groups is 1. The third-order valence-electron chi connectivity index (χ3n) is 5.33. The molecule has 9 nitrogen and oxygen atoms in total. The molecule has 9 heteroatoms. The summed E-state index contributed by atoms with van der Waals surface area (Å²) in [4.78, 5) is 4.76. The van der Waals surface area contributed by atoms with Crippen LogP contribution < -0.4 is 21.9 Å². The number of fused-ring (bicyclic) bond motifs is 1. The lowest BCUT2D eigenvalue weighted by Crippen LogP contribution is -2.37. The Morgan fingerprint density at radius 2 is 1.81 bits per heavy atom. The maximum atomic E-state index is 6.56. The molecule has 0 spiro atoms. The van der Waals surface area contributed by atoms with Crippen LogP contribution in [0.3, 0.4) is 0 Å². The molecule has 4 rings (SSSR count). The SMILES string of the molecule is Cn1nc(-c2ccccc2)cc1Nc1cc(N(N)/C(=C\N)C(C)(C)C)c2cnn(C)c2n1. The average Bonchev–Trinajstić information content (AvgIpc) is 3.30. The fraction of sp³-hybridized carbons (Fsp3) is 0.261. The monoisotopic (exact) mass is 431 g/mol. The van der Waals surface area contributed by atoms with Gasteiger partial charge in [-0.25, -0.2) is 10.8 Å². The summed E-state index contributed by atoms with van der Waals surface area (Å²) >= 11 is 0. The van der Waals surface area contributed by atoms with Gasteiger partial charge in [0, 0.05) is 43.4 Å². The number of aromatic nitrogens is 5. The lowest BCUT2D eigenvalue weighted by Gasteiger charge is -2.31. The number of pyridine rings is 1. The second kappa shape index (κ2) is 8.01. The number of nitrogens with two attached hydrogens (primary N) is 2. The van der Waals surface area contributed by atoms with Crippen molar-refractivity contribution in [3.05, 3.63) is 60.6 Å². The number of hydrogen-bond acceptors (Lipinski definition) is 7. The van der Waals surface area contributed by atoms with Crippen molar-refractivity contribution in [2.45, 2.75) is 20.8 Å². The molecule has 32 heavy (non-hydrogen) atoms. The second-order valence-electron chi connectivity index (χ2n) is 8.73. The van der Waals surface area contributed by atoms with E-state index in [2.05, 4.69) is 36.3 Å². The summed E-state index contributed by atoms with van der Waals surface area (Å²) in [6.45, 7) is 6.19. The third kappa shape index (κ3) is 3.90. The molecule has 5 N–H and O–H groups in total. The van der Waals surface area contributed by atoms with Crippen molar-refractivity contribution in [3.8, 4) is 11.3 Å². The van der Waals surface area contributed by atoms with Crippen LogP contribution >= 0.6 is 0 Å². The fourth-order valence-corrected chi connectivity index (χ4v) is 3.65. The summed E-state index contributed by atoms with van der Waals surface area (Å²) in [6, 6.07) is 13.9. The highest BCUT2D eigenvalue weighted by Crippen LogP contribution is 2.35. The molecule has 3 heterocycles. The van der Waals surface area contributed by atoms with E-state index in [0.29, 0.717) is 11.5 Å². The highest BCUT2D eigenvalue weighted by molar-refractivity contribution is 5.92. The molecule has 0 unspecified atom stereocenters. The van der Waals surface area contributed by atoms with Crippen LogP contribution in [0, 0.1) is 5.41 Å². The van der Waals surface area contributed by atoms with Crippen LogP contribution in [0.1, 0.15) is 20.8 Å². The van der Waals surface area contributed by atoms with Crippen molar-refractivity contribution in [1.82, 2.24) is 24.5 Å². The van der Waals surface area contributed by atoms with Gasteiger partial charge in [-0.3, -0.25) is 14.4 Å². The molecule has 0 aliphatic rings. The van der Waals surface area contributed by atoms with Crippen molar-refractivity contribution in [2.24, 2.45) is 31.1 Å². The fourth-order valence-electron chi connectivity index (χ4n) is 3.65. The number of benzene rings is 1. The normalized spacial score (nSPS) is 12.4. The minimum atomic E-state index is -0.248. The van der Waals surface area contributed by atoms with Gasteiger partial charge >= 0.3 is 0 Å². The maximum Gasteiger partial charge on any atom is 0.162 e. The molecule has 0 aliphatic heterocycles. The van der Waals surface area contributed by atoms with E-state index in [1.807, 2.05) is 56.6 Å². The van der Waals surface area contributed by atoms with Gasteiger partial charge in [0.1, 0.15) is 11.6 Å². The summed E-state index contributed by atoms with van der Waals surface area (Å²) in [7, 11) is 3.74. The second-order valence-corrected chi connectivity index (χ2v) is 8.73. The highest BCUT2D eigenvalue weighted by atomic mass is 15.4. The largest absolute Gasteiger partial charge is 0.403 e. The minimum Gasteiger partial charge on any atom is -0.403 e. The predicted octanol–water partition coefficient (Wildman–Crippen LogP) is 3.64. The van der Waals surface area contributed by atoms with Crippen molar-refractivity contribution in [1.29, 1.82) is 0 Å². The first kappa shape index (κ1) is 21.4. The molecule has 0 bridgehead atoms. The van der Waals surface area contributed by atoms with Crippen LogP contribution in [-0.2, 0) is 14.1 Å². The number of aryl methyl sites for hydroxylation is 2. The van der Waals surface area contributed by atoms with E-state index in [4.69, 9.17) is 16.6 Å². The zero-order chi connectivity index (χ0) is 23.0. The molecular weight excluding hydrogens is 402 g/mol. The number of hydrogen-bond donors (Lipinski definition) is 3. The maximum absolute atomic E-state index is 6.56. The molecule has 0 saturated heterocycles. The van der Waals surface area contributed by atoms with Gasteiger partial charge in [0.15, 0.2) is 5.65 Å². The lowest BCUT2D eigenvalue weighted by atomic mass is 9.91. The Labute approximate surface area is 187 Å². The van der Waals surface area contributed by atoms with E-state index in [1.54, 1.807) is 26.8 Å². The van der Waals surface area contributed by atoms with Crippen LogP contribution in [0.5, 0.6) is 0 Å². The van der Waals surface area contributed by atoms with Crippen molar-refractivity contribution < 1.29 is 0 Å². The van der Waals surface area contributed by atoms with Gasteiger partial charge in [-0.15, -0.1) is 0 Å². The van der Waals surface area contributed by atoms with E-state index >= 15 is 0 Å². The molecule has 0 saturated carbocycles. The Hall–Kier alpha value is -3.85. The molecule has 0 amide bonds. The Kier molecular flexibility index (Phi) is 5.35. The van der Waals surface area contributed by atoms with Gasteiger partial charge < -0.3 is 11.1 Å². The zero-order valence-electron chi connectivity index (χ0n) is 19.0. The van der Waals surface area contributed by atoms with Crippen LogP contribution in [0.2, 0.25) is 0 Å². The topological polar surface area (TPSA) is 116 Å². The highest BCUT2D eigenvalue weighted by Gasteiger charge is 2.25. The molecular formula is C23H29N9. The number of nitrogens with one attached hydrogen (secondary N) is 1. The summed E-state index contributed by atoms with van der Waals surface area (Å²) in [5.41, 5.74) is 9.85. The van der Waals surface area contributed by atoms with Gasteiger partial charge in [0.05, 0.1) is 28.7 Å².